The molecule has 7 nitrogen and oxygen atoms in total. The largest absolute Gasteiger partial charge is 0.493 e. The Labute approximate surface area is 151 Å². The lowest BCUT2D eigenvalue weighted by molar-refractivity contribution is -0.124. The van der Waals surface area contributed by atoms with Gasteiger partial charge >= 0.3 is 0 Å². The topological polar surface area (TPSA) is 77.1 Å². The third-order valence-corrected chi connectivity index (χ3v) is 5.29. The Balaban J connectivity index is 1.84. The molecule has 0 radical (unpaired) electrons. The number of carbonyl (C=O) groups excluding carboxylic acids is 2. The normalized spacial score (nSPS) is 19.5. The Kier molecular flexibility index (Phi) is 5.27. The standard InChI is InChI=1S/C17H22N2O5S/c1-22-13-6-10(7-14(23-2)15(13)24-3)17(21)19-9-25-8-12(19)16(20)18-11-4-5-11/h6-7,11-12H,4-5,8-9H2,1-3H3,(H,18,20). The molecule has 0 aromatic heterocycles. The van der Waals surface area contributed by atoms with Gasteiger partial charge in [-0.1, -0.05) is 0 Å². The van der Waals surface area contributed by atoms with Crippen LogP contribution in [0.1, 0.15) is 23.2 Å². The van der Waals surface area contributed by atoms with Crippen molar-refractivity contribution in [1.82, 2.24) is 10.2 Å². The molecule has 1 aliphatic carbocycles. The number of nitrogens with zero attached hydrogens (tertiary/aromatic N) is 1. The molecule has 1 saturated carbocycles. The van der Waals surface area contributed by atoms with Crippen LogP contribution in [-0.4, -0.2) is 61.8 Å². The second kappa shape index (κ2) is 7.43. The van der Waals surface area contributed by atoms with Crippen LogP contribution in [0.5, 0.6) is 17.2 Å². The van der Waals surface area contributed by atoms with E-state index < -0.39 is 6.04 Å². The highest BCUT2D eigenvalue weighted by atomic mass is 32.2. The van der Waals surface area contributed by atoms with Gasteiger partial charge in [0.1, 0.15) is 6.04 Å². The number of carbonyl (C=O) groups is 2. The van der Waals surface area contributed by atoms with E-state index in [1.807, 2.05) is 0 Å². The van der Waals surface area contributed by atoms with Crippen LogP contribution in [0.2, 0.25) is 0 Å². The van der Waals surface area contributed by atoms with Gasteiger partial charge in [0.15, 0.2) is 11.5 Å². The highest BCUT2D eigenvalue weighted by Crippen LogP contribution is 2.39. The van der Waals surface area contributed by atoms with Crippen LogP contribution in [0.4, 0.5) is 0 Å². The Hall–Kier alpha value is -2.09. The average Bonchev–Trinajstić information content (AvgIpc) is 3.31. The van der Waals surface area contributed by atoms with Gasteiger partial charge in [0.25, 0.3) is 5.91 Å². The molecule has 3 rings (SSSR count). The fourth-order valence-corrected chi connectivity index (χ4v) is 3.91. The molecular formula is C17H22N2O5S. The summed E-state index contributed by atoms with van der Waals surface area (Å²) >= 11 is 1.57. The lowest BCUT2D eigenvalue weighted by atomic mass is 10.1. The maximum absolute atomic E-state index is 13.0. The zero-order valence-corrected chi connectivity index (χ0v) is 15.4. The van der Waals surface area contributed by atoms with Crippen molar-refractivity contribution in [3.05, 3.63) is 17.7 Å². The first kappa shape index (κ1) is 17.7. The van der Waals surface area contributed by atoms with Gasteiger partial charge in [-0.25, -0.2) is 0 Å². The van der Waals surface area contributed by atoms with Crippen LogP contribution in [0.3, 0.4) is 0 Å². The van der Waals surface area contributed by atoms with E-state index in [1.54, 1.807) is 28.8 Å². The number of hydrogen-bond acceptors (Lipinski definition) is 6. The minimum Gasteiger partial charge on any atom is -0.493 e. The van der Waals surface area contributed by atoms with Gasteiger partial charge < -0.3 is 24.4 Å². The molecule has 1 N–H and O–H groups in total. The summed E-state index contributed by atoms with van der Waals surface area (Å²) < 4.78 is 15.9. The lowest BCUT2D eigenvalue weighted by Gasteiger charge is -2.24. The Morgan fingerprint density at radius 2 is 1.76 bits per heavy atom. The molecular weight excluding hydrogens is 344 g/mol. The fraction of sp³-hybridized carbons (Fsp3) is 0.529. The number of rotatable bonds is 6. The third kappa shape index (κ3) is 3.63. The molecule has 1 saturated heterocycles. The van der Waals surface area contributed by atoms with Crippen molar-refractivity contribution in [1.29, 1.82) is 0 Å². The van der Waals surface area contributed by atoms with E-state index in [0.29, 0.717) is 34.4 Å². The zero-order valence-electron chi connectivity index (χ0n) is 14.5. The molecule has 2 amide bonds. The van der Waals surface area contributed by atoms with Gasteiger partial charge in [-0.3, -0.25) is 9.59 Å². The highest BCUT2D eigenvalue weighted by Gasteiger charge is 2.37. The molecule has 8 heteroatoms. The molecule has 1 aliphatic heterocycles. The van der Waals surface area contributed by atoms with Gasteiger partial charge in [0, 0.05) is 17.4 Å². The highest BCUT2D eigenvalue weighted by molar-refractivity contribution is 7.99. The second-order valence-electron chi connectivity index (χ2n) is 5.99. The minimum absolute atomic E-state index is 0.0757. The zero-order chi connectivity index (χ0) is 18.0. The Bertz CT molecular complexity index is 652. The van der Waals surface area contributed by atoms with Gasteiger partial charge in [-0.05, 0) is 25.0 Å². The number of methoxy groups -OCH3 is 3. The van der Waals surface area contributed by atoms with Gasteiger partial charge in [-0.15, -0.1) is 11.8 Å². The van der Waals surface area contributed by atoms with E-state index in [9.17, 15) is 9.59 Å². The van der Waals surface area contributed by atoms with Crippen molar-refractivity contribution < 1.29 is 23.8 Å². The van der Waals surface area contributed by atoms with Crippen molar-refractivity contribution in [2.24, 2.45) is 0 Å². The maximum Gasteiger partial charge on any atom is 0.255 e. The van der Waals surface area contributed by atoms with E-state index in [0.717, 1.165) is 12.8 Å². The number of benzene rings is 1. The van der Waals surface area contributed by atoms with Gasteiger partial charge in [0.2, 0.25) is 11.7 Å². The fourth-order valence-electron chi connectivity index (χ4n) is 2.76. The average molecular weight is 366 g/mol. The van der Waals surface area contributed by atoms with Crippen LogP contribution in [0.25, 0.3) is 0 Å². The summed E-state index contributed by atoms with van der Waals surface area (Å²) in [6, 6.07) is 3.05. The van der Waals surface area contributed by atoms with E-state index in [-0.39, 0.29) is 17.9 Å². The molecule has 1 heterocycles. The number of ether oxygens (including phenoxy) is 3. The first-order valence-electron chi connectivity index (χ1n) is 8.08. The predicted octanol–water partition coefficient (Wildman–Crippen LogP) is 1.51. The molecule has 0 spiro atoms. The molecule has 2 fully saturated rings. The van der Waals surface area contributed by atoms with Gasteiger partial charge in [0.05, 0.1) is 27.2 Å². The first-order valence-corrected chi connectivity index (χ1v) is 9.23. The summed E-state index contributed by atoms with van der Waals surface area (Å²) in [5, 5.41) is 2.98. The Morgan fingerprint density at radius 1 is 1.12 bits per heavy atom. The number of nitrogens with one attached hydrogen (secondary N) is 1. The van der Waals surface area contributed by atoms with Crippen molar-refractivity contribution in [3.8, 4) is 17.2 Å². The monoisotopic (exact) mass is 366 g/mol. The van der Waals surface area contributed by atoms with Crippen molar-refractivity contribution in [2.45, 2.75) is 24.9 Å². The molecule has 1 unspecified atom stereocenters. The van der Waals surface area contributed by atoms with E-state index in [1.165, 1.54) is 21.3 Å². The molecule has 1 aromatic rings. The van der Waals surface area contributed by atoms with Crippen molar-refractivity contribution in [2.75, 3.05) is 33.0 Å². The third-order valence-electron chi connectivity index (χ3n) is 4.28. The smallest absolute Gasteiger partial charge is 0.255 e. The van der Waals surface area contributed by atoms with E-state index >= 15 is 0 Å². The lowest BCUT2D eigenvalue weighted by Crippen LogP contribution is -2.47. The maximum atomic E-state index is 13.0. The van der Waals surface area contributed by atoms with E-state index in [2.05, 4.69) is 5.32 Å². The summed E-state index contributed by atoms with van der Waals surface area (Å²) in [6.45, 7) is 0. The number of thioether (sulfide) groups is 1. The summed E-state index contributed by atoms with van der Waals surface area (Å²) in [4.78, 5) is 27.0. The number of hydrogen-bond donors (Lipinski definition) is 1. The second-order valence-corrected chi connectivity index (χ2v) is 6.99. The predicted molar refractivity (Wildman–Crippen MR) is 94.5 cm³/mol. The molecule has 136 valence electrons. The van der Waals surface area contributed by atoms with Crippen molar-refractivity contribution >= 4 is 23.6 Å². The summed E-state index contributed by atoms with van der Waals surface area (Å²) in [7, 11) is 4.52. The molecule has 1 aromatic carbocycles. The van der Waals surface area contributed by atoms with Crippen LogP contribution in [0, 0.1) is 0 Å². The first-order chi connectivity index (χ1) is 12.1. The van der Waals surface area contributed by atoms with Crippen LogP contribution < -0.4 is 19.5 Å². The molecule has 25 heavy (non-hydrogen) atoms. The molecule has 0 bridgehead atoms. The SMILES string of the molecule is COc1cc(C(=O)N2CSCC2C(=O)NC2CC2)cc(OC)c1OC. The van der Waals surface area contributed by atoms with Crippen molar-refractivity contribution in [3.63, 3.8) is 0 Å². The van der Waals surface area contributed by atoms with E-state index in [4.69, 9.17) is 14.2 Å². The van der Waals surface area contributed by atoms with Crippen LogP contribution >= 0.6 is 11.8 Å². The van der Waals surface area contributed by atoms with Crippen LogP contribution in [0.15, 0.2) is 12.1 Å². The summed E-state index contributed by atoms with van der Waals surface area (Å²) in [5.74, 6) is 2.05. The minimum atomic E-state index is -0.447. The molecule has 1 atom stereocenters. The summed E-state index contributed by atoms with van der Waals surface area (Å²) in [5.41, 5.74) is 0.404. The molecule has 2 aliphatic rings. The number of amides is 2. The quantitative estimate of drug-likeness (QED) is 0.822. The summed E-state index contributed by atoms with van der Waals surface area (Å²) in [6.07, 6.45) is 2.04. The van der Waals surface area contributed by atoms with Gasteiger partial charge in [-0.2, -0.15) is 0 Å². The Morgan fingerprint density at radius 3 is 2.28 bits per heavy atom. The van der Waals surface area contributed by atoms with Crippen LogP contribution in [-0.2, 0) is 4.79 Å².